The van der Waals surface area contributed by atoms with Gasteiger partial charge in [0.15, 0.2) is 5.82 Å². The number of hydrogen-bond donors (Lipinski definition) is 2. The van der Waals surface area contributed by atoms with Gasteiger partial charge in [-0.25, -0.2) is 10.8 Å². The molecule has 0 atom stereocenters. The lowest BCUT2D eigenvalue weighted by atomic mass is 10.3. The fraction of sp³-hybridized carbons (Fsp3) is 0.545. The first kappa shape index (κ1) is 15.3. The summed E-state index contributed by atoms with van der Waals surface area (Å²) in [7, 11) is 6.03. The van der Waals surface area contributed by atoms with Crippen molar-refractivity contribution in [3.05, 3.63) is 16.1 Å². The molecule has 7 heteroatoms. The zero-order valence-electron chi connectivity index (χ0n) is 10.9. The average Bonchev–Trinajstić information content (AvgIpc) is 2.28. The molecule has 0 unspecified atom stereocenters. The number of nitrogen functional groups attached to an aromatic ring is 1. The second kappa shape index (κ2) is 6.99. The van der Waals surface area contributed by atoms with E-state index in [2.05, 4.69) is 15.3 Å². The summed E-state index contributed by atoms with van der Waals surface area (Å²) < 4.78 is 0. The van der Waals surface area contributed by atoms with Crippen molar-refractivity contribution in [3.63, 3.8) is 0 Å². The average molecular weight is 292 g/mol. The first-order chi connectivity index (χ1) is 8.45. The van der Waals surface area contributed by atoms with Crippen molar-refractivity contribution in [2.45, 2.75) is 6.42 Å². The third kappa shape index (κ3) is 4.17. The Labute approximate surface area is 118 Å². The molecule has 0 bridgehead atoms. The Bertz CT molecular complexity index is 397. The summed E-state index contributed by atoms with van der Waals surface area (Å²) in [5.74, 6) is 6.44. The summed E-state index contributed by atoms with van der Waals surface area (Å²) in [6.07, 6.45) is 1.02. The summed E-state index contributed by atoms with van der Waals surface area (Å²) >= 11 is 12.1. The Morgan fingerprint density at radius 3 is 2.44 bits per heavy atom. The summed E-state index contributed by atoms with van der Waals surface area (Å²) in [4.78, 5) is 8.43. The Hall–Kier alpha value is -0.750. The highest BCUT2D eigenvalue weighted by atomic mass is 35.5. The molecule has 0 spiro atoms. The minimum Gasteiger partial charge on any atom is -0.358 e. The van der Waals surface area contributed by atoms with E-state index >= 15 is 0 Å². The van der Waals surface area contributed by atoms with Gasteiger partial charge in [-0.15, -0.1) is 0 Å². The molecule has 0 aromatic carbocycles. The number of halogens is 2. The second-order valence-corrected chi connectivity index (χ2v) is 5.16. The molecule has 1 rings (SSSR count). The number of nitrogens with two attached hydrogens (primary N) is 1. The van der Waals surface area contributed by atoms with Crippen LogP contribution in [0.3, 0.4) is 0 Å². The van der Waals surface area contributed by atoms with Crippen LogP contribution in [0.4, 0.5) is 11.6 Å². The zero-order valence-corrected chi connectivity index (χ0v) is 12.4. The van der Waals surface area contributed by atoms with Crippen molar-refractivity contribution in [2.75, 3.05) is 44.6 Å². The van der Waals surface area contributed by atoms with E-state index in [1.54, 1.807) is 6.07 Å². The van der Waals surface area contributed by atoms with E-state index in [1.165, 1.54) is 0 Å². The van der Waals surface area contributed by atoms with E-state index in [-0.39, 0.29) is 0 Å². The predicted octanol–water partition coefficient (Wildman–Crippen LogP) is 2.06. The van der Waals surface area contributed by atoms with Gasteiger partial charge in [-0.1, -0.05) is 23.2 Å². The first-order valence-electron chi connectivity index (χ1n) is 5.64. The lowest BCUT2D eigenvalue weighted by Gasteiger charge is -2.21. The molecule has 0 fully saturated rings. The van der Waals surface area contributed by atoms with Gasteiger partial charge < -0.3 is 15.2 Å². The van der Waals surface area contributed by atoms with E-state index in [9.17, 15) is 0 Å². The number of hydrogen-bond acceptors (Lipinski definition) is 5. The number of anilines is 2. The van der Waals surface area contributed by atoms with Crippen LogP contribution in [0.15, 0.2) is 6.07 Å². The Balaban J connectivity index is 2.75. The Kier molecular flexibility index (Phi) is 5.95. The maximum absolute atomic E-state index is 6.13. The van der Waals surface area contributed by atoms with E-state index in [0.717, 1.165) is 19.5 Å². The van der Waals surface area contributed by atoms with Gasteiger partial charge in [0.25, 0.3) is 0 Å². The fourth-order valence-corrected chi connectivity index (χ4v) is 2.11. The van der Waals surface area contributed by atoms with E-state index in [4.69, 9.17) is 29.0 Å². The summed E-state index contributed by atoms with van der Waals surface area (Å²) in [5, 5.41) is 0.930. The van der Waals surface area contributed by atoms with Crippen molar-refractivity contribution < 1.29 is 0 Å². The monoisotopic (exact) mass is 291 g/mol. The molecule has 0 saturated heterocycles. The third-order valence-electron chi connectivity index (χ3n) is 2.51. The number of pyridine rings is 1. The minimum absolute atomic E-state index is 0.410. The van der Waals surface area contributed by atoms with Gasteiger partial charge in [0.2, 0.25) is 0 Å². The lowest BCUT2D eigenvalue weighted by Crippen LogP contribution is -2.24. The van der Waals surface area contributed by atoms with Crippen LogP contribution in [0, 0.1) is 0 Å². The molecule has 0 aliphatic heterocycles. The molecule has 0 aliphatic rings. The second-order valence-electron chi connectivity index (χ2n) is 4.35. The van der Waals surface area contributed by atoms with Crippen LogP contribution in [-0.4, -0.2) is 44.1 Å². The van der Waals surface area contributed by atoms with Gasteiger partial charge in [0.05, 0.1) is 10.0 Å². The number of aromatic nitrogens is 1. The minimum atomic E-state index is 0.410. The molecule has 102 valence electrons. The van der Waals surface area contributed by atoms with E-state index in [1.807, 2.05) is 26.0 Å². The van der Waals surface area contributed by atoms with Crippen molar-refractivity contribution >= 4 is 34.8 Å². The van der Waals surface area contributed by atoms with Crippen LogP contribution in [0.2, 0.25) is 10.0 Å². The van der Waals surface area contributed by atoms with Crippen molar-refractivity contribution in [2.24, 2.45) is 5.84 Å². The summed E-state index contributed by atoms with van der Waals surface area (Å²) in [6.45, 7) is 1.87. The molecular weight excluding hydrogens is 273 g/mol. The highest BCUT2D eigenvalue weighted by Gasteiger charge is 2.12. The van der Waals surface area contributed by atoms with Crippen LogP contribution < -0.4 is 16.2 Å². The molecule has 3 N–H and O–H groups in total. The summed E-state index contributed by atoms with van der Waals surface area (Å²) in [6, 6.07) is 1.64. The molecule has 1 heterocycles. The highest BCUT2D eigenvalue weighted by Crippen LogP contribution is 2.30. The van der Waals surface area contributed by atoms with Gasteiger partial charge >= 0.3 is 0 Å². The smallest absolute Gasteiger partial charge is 0.161 e. The summed E-state index contributed by atoms with van der Waals surface area (Å²) in [5.41, 5.74) is 2.46. The number of nitrogens with zero attached hydrogens (tertiary/aromatic N) is 3. The maximum Gasteiger partial charge on any atom is 0.161 e. The van der Waals surface area contributed by atoms with Crippen molar-refractivity contribution in [3.8, 4) is 0 Å². The molecule has 18 heavy (non-hydrogen) atoms. The third-order valence-corrected chi connectivity index (χ3v) is 3.07. The number of rotatable bonds is 6. The largest absolute Gasteiger partial charge is 0.358 e. The topological polar surface area (TPSA) is 57.4 Å². The highest BCUT2D eigenvalue weighted by molar-refractivity contribution is 6.37. The van der Waals surface area contributed by atoms with Crippen LogP contribution in [0.1, 0.15) is 6.42 Å². The van der Waals surface area contributed by atoms with Crippen LogP contribution in [0.5, 0.6) is 0 Å². The van der Waals surface area contributed by atoms with Crippen LogP contribution in [0.25, 0.3) is 0 Å². The predicted molar refractivity (Wildman–Crippen MR) is 78.5 cm³/mol. The zero-order chi connectivity index (χ0) is 13.7. The SMILES string of the molecule is CN(C)CCCN(C)c1nc(NN)c(Cl)cc1Cl. The number of hydrazine groups is 1. The molecule has 1 aromatic heterocycles. The molecule has 1 aromatic rings. The van der Waals surface area contributed by atoms with Gasteiger partial charge in [0.1, 0.15) is 5.82 Å². The Morgan fingerprint density at radius 1 is 1.22 bits per heavy atom. The maximum atomic E-state index is 6.13. The van der Waals surface area contributed by atoms with Crippen LogP contribution in [-0.2, 0) is 0 Å². The standard InChI is InChI=1S/C11H19Cl2N5/c1-17(2)5-4-6-18(3)11-9(13)7-8(12)10(15-11)16-14/h7H,4-6,14H2,1-3H3,(H,15,16). The normalized spacial score (nSPS) is 10.8. The van der Waals surface area contributed by atoms with Crippen molar-refractivity contribution in [1.29, 1.82) is 0 Å². The van der Waals surface area contributed by atoms with Gasteiger partial charge in [-0.2, -0.15) is 0 Å². The number of nitrogens with one attached hydrogen (secondary N) is 1. The van der Waals surface area contributed by atoms with E-state index < -0.39 is 0 Å². The molecule has 0 radical (unpaired) electrons. The fourth-order valence-electron chi connectivity index (χ4n) is 1.56. The Morgan fingerprint density at radius 2 is 1.89 bits per heavy atom. The molecule has 0 aliphatic carbocycles. The van der Waals surface area contributed by atoms with Gasteiger partial charge in [0, 0.05) is 13.6 Å². The lowest BCUT2D eigenvalue weighted by molar-refractivity contribution is 0.401. The van der Waals surface area contributed by atoms with Crippen molar-refractivity contribution in [1.82, 2.24) is 9.88 Å². The molecular formula is C11H19Cl2N5. The molecule has 0 saturated carbocycles. The van der Waals surface area contributed by atoms with Gasteiger partial charge in [-0.05, 0) is 33.1 Å². The first-order valence-corrected chi connectivity index (χ1v) is 6.39. The van der Waals surface area contributed by atoms with Gasteiger partial charge in [-0.3, -0.25) is 0 Å². The quantitative estimate of drug-likeness (QED) is 0.621. The van der Waals surface area contributed by atoms with E-state index in [0.29, 0.717) is 21.7 Å². The van der Waals surface area contributed by atoms with Crippen LogP contribution >= 0.6 is 23.2 Å². The molecule has 0 amide bonds. The molecule has 5 nitrogen and oxygen atoms in total.